The summed E-state index contributed by atoms with van der Waals surface area (Å²) in [7, 11) is -1.12. The van der Waals surface area contributed by atoms with E-state index in [2.05, 4.69) is 174 Å². The second kappa shape index (κ2) is 23.6. The van der Waals surface area contributed by atoms with Crippen LogP contribution in [0, 0.1) is 126 Å². The van der Waals surface area contributed by atoms with Crippen molar-refractivity contribution in [2.75, 3.05) is 0 Å². The van der Waals surface area contributed by atoms with Gasteiger partial charge in [0.25, 0.3) is 0 Å². The van der Waals surface area contributed by atoms with Crippen molar-refractivity contribution in [1.82, 2.24) is 0 Å². The SMILES string of the molecule is C[C@@H]([C]1[CH][CH][CH][C]1[C]1[CH][CH][CH][C]1[C@H](C)P(c1ccccc1)c1ccccc1)P(c1ccccc1)c1ccccc1.[CH]1[CH][CH][CH][CH]1.[CH]1[CH][CH][CH][CH]1.[Fe+2].[Fe+2]. The van der Waals surface area contributed by atoms with Gasteiger partial charge in [-0.1, -0.05) is 135 Å². The van der Waals surface area contributed by atoms with Crippen LogP contribution in [0.5, 0.6) is 0 Å². The van der Waals surface area contributed by atoms with Crippen molar-refractivity contribution in [3.8, 4) is 0 Å². The molecule has 258 valence electrons. The molecule has 4 fully saturated rings. The molecule has 0 N–H and O–H groups in total. The third kappa shape index (κ3) is 11.9. The number of hydrogen-bond acceptors (Lipinski definition) is 0. The fourth-order valence-corrected chi connectivity index (χ4v) is 11.9. The fourth-order valence-electron chi connectivity index (χ4n) is 6.55. The Morgan fingerprint density at radius 1 is 0.308 bits per heavy atom. The molecule has 4 heteroatoms. The van der Waals surface area contributed by atoms with E-state index in [1.165, 1.54) is 44.9 Å². The first kappa shape index (κ1) is 43.5. The number of hydrogen-bond donors (Lipinski definition) is 0. The molecule has 0 unspecified atom stereocenters. The largest absolute Gasteiger partial charge is 2.00 e. The van der Waals surface area contributed by atoms with E-state index >= 15 is 0 Å². The first-order chi connectivity index (χ1) is 24.7. The van der Waals surface area contributed by atoms with Crippen LogP contribution < -0.4 is 21.2 Å². The van der Waals surface area contributed by atoms with Gasteiger partial charge in [0.05, 0.1) is 0 Å². The molecule has 4 saturated carbocycles. The van der Waals surface area contributed by atoms with Gasteiger partial charge >= 0.3 is 34.1 Å². The van der Waals surface area contributed by atoms with Crippen molar-refractivity contribution in [3.05, 3.63) is 248 Å². The standard InChI is InChI=1S/C38H34P2.2C5H5.2Fe/c1-29(39(31-17-7-3-8-18-31)32-19-9-4-10-20-32)35-25-15-27-37(35)38-28-16-26-36(38)30(2)40(33-21-11-5-12-22-33)34-23-13-6-14-24-34;2*1-2-4-5-3-1;;/h3-30H,1-2H3;2*1-5H;;/q;;;2*+2/t29-,30-;;;;/m0..../s1. The van der Waals surface area contributed by atoms with Gasteiger partial charge in [-0.25, -0.2) is 0 Å². The van der Waals surface area contributed by atoms with Crippen molar-refractivity contribution >= 4 is 37.1 Å². The summed E-state index contributed by atoms with van der Waals surface area (Å²) in [5.74, 6) is 5.66. The maximum atomic E-state index is 2.43. The molecule has 0 amide bonds. The van der Waals surface area contributed by atoms with E-state index in [0.717, 1.165) is 0 Å². The third-order valence-corrected chi connectivity index (χ3v) is 14.4. The van der Waals surface area contributed by atoms with Crippen LogP contribution in [0.3, 0.4) is 0 Å². The van der Waals surface area contributed by atoms with Crippen LogP contribution in [0.2, 0.25) is 0 Å². The fraction of sp³-hybridized carbons (Fsp3) is 0.0833. The summed E-state index contributed by atoms with van der Waals surface area (Å²) in [4.78, 5) is 0. The van der Waals surface area contributed by atoms with Crippen molar-refractivity contribution in [2.45, 2.75) is 25.2 Å². The molecule has 4 aliphatic carbocycles. The Hall–Kier alpha value is -1.22. The molecule has 0 bridgehead atoms. The van der Waals surface area contributed by atoms with E-state index < -0.39 is 15.8 Å². The zero-order valence-electron chi connectivity index (χ0n) is 29.5. The van der Waals surface area contributed by atoms with Gasteiger partial charge in [-0.05, 0) is 175 Å². The van der Waals surface area contributed by atoms with Gasteiger partial charge < -0.3 is 0 Å². The predicted molar refractivity (Wildman–Crippen MR) is 219 cm³/mol. The molecule has 0 aliphatic heterocycles. The van der Waals surface area contributed by atoms with Crippen molar-refractivity contribution in [3.63, 3.8) is 0 Å². The van der Waals surface area contributed by atoms with Crippen LogP contribution in [-0.4, -0.2) is 11.3 Å². The quantitative estimate of drug-likeness (QED) is 0.117. The summed E-state index contributed by atoms with van der Waals surface area (Å²) in [5.41, 5.74) is 0.764. The maximum Gasteiger partial charge on any atom is 2.00 e. The molecule has 2 atom stereocenters. The van der Waals surface area contributed by atoms with Gasteiger partial charge in [0.2, 0.25) is 0 Å². The molecule has 52 heavy (non-hydrogen) atoms. The molecule has 0 nitrogen and oxygen atoms in total. The minimum absolute atomic E-state index is 0. The summed E-state index contributed by atoms with van der Waals surface area (Å²) < 4.78 is 0. The smallest absolute Gasteiger partial charge is 0.0622 e. The Labute approximate surface area is 342 Å². The Bertz CT molecular complexity index is 1270. The van der Waals surface area contributed by atoms with Gasteiger partial charge in [-0.3, -0.25) is 0 Å². The van der Waals surface area contributed by atoms with E-state index in [0.29, 0.717) is 11.3 Å². The van der Waals surface area contributed by atoms with Gasteiger partial charge in [0.1, 0.15) is 0 Å². The predicted octanol–water partition coefficient (Wildman–Crippen LogP) is 9.62. The third-order valence-electron chi connectivity index (χ3n) is 8.91. The Balaban J connectivity index is 0.000000436. The average Bonchev–Trinajstić information content (AvgIpc) is 4.03. The molecular formula is C48H44Fe2P2+4. The van der Waals surface area contributed by atoms with Gasteiger partial charge in [0, 0.05) is 0 Å². The van der Waals surface area contributed by atoms with Crippen molar-refractivity contribution in [1.29, 1.82) is 0 Å². The minimum Gasteiger partial charge on any atom is -0.0622 e. The number of rotatable bonds is 9. The van der Waals surface area contributed by atoms with E-state index in [9.17, 15) is 0 Å². The second-order valence-corrected chi connectivity index (χ2v) is 17.2. The van der Waals surface area contributed by atoms with Gasteiger partial charge in [-0.15, -0.1) is 0 Å². The topological polar surface area (TPSA) is 0 Å². The summed E-state index contributed by atoms with van der Waals surface area (Å²) in [6, 6.07) is 44.4. The minimum atomic E-state index is -0.560. The Morgan fingerprint density at radius 2 is 0.538 bits per heavy atom. The summed E-state index contributed by atoms with van der Waals surface area (Å²) in [6.45, 7) is 4.86. The average molecular weight is 795 g/mol. The molecular weight excluding hydrogens is 750 g/mol. The molecule has 0 aromatic heterocycles. The van der Waals surface area contributed by atoms with E-state index in [4.69, 9.17) is 0 Å². The monoisotopic (exact) mass is 794 g/mol. The van der Waals surface area contributed by atoms with Gasteiger partial charge in [0.15, 0.2) is 0 Å². The molecule has 4 aliphatic rings. The van der Waals surface area contributed by atoms with E-state index in [1.807, 2.05) is 64.2 Å². The summed E-state index contributed by atoms with van der Waals surface area (Å²) >= 11 is 0. The van der Waals surface area contributed by atoms with E-state index in [1.54, 1.807) is 0 Å². The molecule has 0 spiro atoms. The van der Waals surface area contributed by atoms with Crippen molar-refractivity contribution < 1.29 is 34.1 Å². The Morgan fingerprint density at radius 3 is 0.769 bits per heavy atom. The van der Waals surface area contributed by atoms with Gasteiger partial charge in [-0.2, -0.15) is 0 Å². The first-order valence-corrected chi connectivity index (χ1v) is 20.2. The summed E-state index contributed by atoms with van der Waals surface area (Å²) in [6.07, 6.45) is 33.9. The molecule has 0 heterocycles. The summed E-state index contributed by atoms with van der Waals surface area (Å²) in [5, 5.41) is 5.71. The molecule has 4 aromatic rings. The van der Waals surface area contributed by atoms with Crippen LogP contribution >= 0.6 is 15.8 Å². The maximum absolute atomic E-state index is 2.43. The molecule has 4 aromatic carbocycles. The second-order valence-electron chi connectivity index (χ2n) is 12.1. The molecule has 20 radical (unpaired) electrons. The van der Waals surface area contributed by atoms with Crippen LogP contribution in [-0.2, 0) is 34.1 Å². The molecule has 0 saturated heterocycles. The van der Waals surface area contributed by atoms with Crippen molar-refractivity contribution in [2.24, 2.45) is 0 Å². The molecule has 8 rings (SSSR count). The normalized spacial score (nSPS) is 19.2. The van der Waals surface area contributed by atoms with Crippen LogP contribution in [0.15, 0.2) is 121 Å². The zero-order chi connectivity index (χ0) is 34.4. The van der Waals surface area contributed by atoms with Crippen LogP contribution in [0.1, 0.15) is 13.8 Å². The van der Waals surface area contributed by atoms with Crippen LogP contribution in [0.25, 0.3) is 0 Å². The number of benzene rings is 4. The Kier molecular flexibility index (Phi) is 19.8. The zero-order valence-corrected chi connectivity index (χ0v) is 33.5. The van der Waals surface area contributed by atoms with E-state index in [-0.39, 0.29) is 34.1 Å². The van der Waals surface area contributed by atoms with Crippen LogP contribution in [0.4, 0.5) is 0 Å². The first-order valence-electron chi connectivity index (χ1n) is 17.4.